The molecule has 0 radical (unpaired) electrons. The number of nitrogens with zero attached hydrogens (tertiary/aromatic N) is 1. The lowest BCUT2D eigenvalue weighted by molar-refractivity contribution is 0.668. The molecule has 0 bridgehead atoms. The van der Waals surface area contributed by atoms with Gasteiger partial charge in [0.1, 0.15) is 22.3 Å². The van der Waals surface area contributed by atoms with Gasteiger partial charge in [-0.2, -0.15) is 0 Å². The van der Waals surface area contributed by atoms with Gasteiger partial charge < -0.3 is 13.2 Å². The maximum atomic E-state index is 6.16. The van der Waals surface area contributed by atoms with Crippen molar-refractivity contribution >= 4 is 104 Å². The quantitative estimate of drug-likeness (QED) is 0.180. The summed E-state index contributed by atoms with van der Waals surface area (Å²) in [5.74, 6) is 0. The average Bonchev–Trinajstić information content (AvgIpc) is 4.03. The molecule has 0 N–H and O–H groups in total. The van der Waals surface area contributed by atoms with E-state index in [1.807, 2.05) is 24.3 Å². The Bertz CT molecular complexity index is 3830. The minimum atomic E-state index is 0.914. The lowest BCUT2D eigenvalue weighted by Gasteiger charge is -2.08. The SMILES string of the molecule is c1ccc(-c2cc3c4cc5ccc(-c6ccc7oc8ccccc8c7c6)cc5cc4n4c5cc6cc(-c7ccc8oc9ccccc9c8c7)ccc6cc5c(c2)c34)cc1. The highest BCUT2D eigenvalue weighted by atomic mass is 16.3. The third-order valence-electron chi connectivity index (χ3n) is 12.8. The number of rotatable bonds is 3. The fourth-order valence-electron chi connectivity index (χ4n) is 10.00. The average molecular weight is 750 g/mol. The van der Waals surface area contributed by atoms with Crippen LogP contribution in [0.15, 0.2) is 197 Å². The second kappa shape index (κ2) is 11.4. The third-order valence-corrected chi connectivity index (χ3v) is 12.8. The second-order valence-electron chi connectivity index (χ2n) is 16.1. The van der Waals surface area contributed by atoms with Crippen LogP contribution in [0.25, 0.3) is 137 Å². The summed E-state index contributed by atoms with van der Waals surface area (Å²) < 4.78 is 14.8. The standard InChI is InChI=1S/C56H31NO2/c1-2-8-32(9-3-1)41-28-48-44-24-37-16-14-33(35-18-20-54-46(26-35)42-10-4-6-12-52(42)58-54)22-39(37)30-50(44)57-51-31-40-23-34(15-17-38(40)25-45(51)49(29-41)56(48)57)36-19-21-55-47(27-36)43-11-5-7-13-53(43)59-55/h1-31H. The number of para-hydroxylation sites is 2. The summed E-state index contributed by atoms with van der Waals surface area (Å²) >= 11 is 0. The van der Waals surface area contributed by atoms with Crippen LogP contribution in [-0.2, 0) is 0 Å². The molecule has 0 amide bonds. The molecule has 0 atom stereocenters. The summed E-state index contributed by atoms with van der Waals surface area (Å²) in [7, 11) is 0. The van der Waals surface area contributed by atoms with Crippen LogP contribution in [-0.4, -0.2) is 4.40 Å². The van der Waals surface area contributed by atoms with Crippen molar-refractivity contribution in [2.75, 3.05) is 0 Å². The van der Waals surface area contributed by atoms with Gasteiger partial charge in [0.25, 0.3) is 0 Å². The topological polar surface area (TPSA) is 30.7 Å². The summed E-state index contributed by atoms with van der Waals surface area (Å²) in [6, 6.07) is 68.7. The highest BCUT2D eigenvalue weighted by Gasteiger charge is 2.21. The van der Waals surface area contributed by atoms with Crippen LogP contribution < -0.4 is 0 Å². The zero-order valence-corrected chi connectivity index (χ0v) is 31.7. The molecule has 0 aliphatic rings. The maximum Gasteiger partial charge on any atom is 0.135 e. The van der Waals surface area contributed by atoms with Crippen LogP contribution in [0.2, 0.25) is 0 Å². The molecular weight excluding hydrogens is 719 g/mol. The van der Waals surface area contributed by atoms with E-state index in [1.54, 1.807) is 0 Å². The Morgan fingerprint density at radius 3 is 1.24 bits per heavy atom. The Hall–Kier alpha value is -7.88. The molecule has 0 saturated heterocycles. The first-order valence-corrected chi connectivity index (χ1v) is 20.2. The van der Waals surface area contributed by atoms with Crippen LogP contribution >= 0.6 is 0 Å². The Morgan fingerprint density at radius 2 is 0.695 bits per heavy atom. The van der Waals surface area contributed by atoms with Gasteiger partial charge in [-0.15, -0.1) is 0 Å². The predicted octanol–water partition coefficient (Wildman–Crippen LogP) is 15.9. The van der Waals surface area contributed by atoms with Gasteiger partial charge in [0.05, 0.1) is 16.6 Å². The first-order valence-electron chi connectivity index (χ1n) is 20.2. The lowest BCUT2D eigenvalue weighted by Crippen LogP contribution is -1.84. The van der Waals surface area contributed by atoms with Gasteiger partial charge in [0.15, 0.2) is 0 Å². The van der Waals surface area contributed by atoms with E-state index in [-0.39, 0.29) is 0 Å². The molecule has 0 spiro atoms. The van der Waals surface area contributed by atoms with Gasteiger partial charge >= 0.3 is 0 Å². The van der Waals surface area contributed by atoms with Crippen LogP contribution in [0.4, 0.5) is 0 Å². The van der Waals surface area contributed by atoms with Crippen molar-refractivity contribution in [2.24, 2.45) is 0 Å². The van der Waals surface area contributed by atoms with E-state index in [4.69, 9.17) is 8.83 Å². The van der Waals surface area contributed by atoms with Crippen molar-refractivity contribution in [3.8, 4) is 33.4 Å². The van der Waals surface area contributed by atoms with E-state index in [0.29, 0.717) is 0 Å². The van der Waals surface area contributed by atoms with Gasteiger partial charge in [-0.25, -0.2) is 0 Å². The third kappa shape index (κ3) is 4.42. The number of furan rings is 2. The van der Waals surface area contributed by atoms with Gasteiger partial charge in [-0.05, 0) is 140 Å². The molecule has 0 saturated carbocycles. The first kappa shape index (κ1) is 31.2. The highest BCUT2D eigenvalue weighted by Crippen LogP contribution is 2.45. The van der Waals surface area contributed by atoms with Gasteiger partial charge in [-0.1, -0.05) is 103 Å². The van der Waals surface area contributed by atoms with Crippen molar-refractivity contribution in [1.82, 2.24) is 4.40 Å². The minimum absolute atomic E-state index is 0.914. The molecule has 3 heteroatoms. The largest absolute Gasteiger partial charge is 0.456 e. The molecule has 14 aromatic rings. The number of aromatic nitrogens is 1. The predicted molar refractivity (Wildman–Crippen MR) is 247 cm³/mol. The van der Waals surface area contributed by atoms with E-state index in [0.717, 1.165) is 43.9 Å². The molecule has 3 nitrogen and oxygen atoms in total. The van der Waals surface area contributed by atoms with E-state index in [1.165, 1.54) is 93.0 Å². The highest BCUT2D eigenvalue weighted by molar-refractivity contribution is 6.27. The molecular formula is C56H31NO2. The summed E-state index contributed by atoms with van der Waals surface area (Å²) in [5.41, 5.74) is 14.6. The molecule has 14 rings (SSSR count). The van der Waals surface area contributed by atoms with Crippen molar-refractivity contribution in [2.45, 2.75) is 0 Å². The Labute approximate surface area is 336 Å². The molecule has 10 aromatic carbocycles. The summed E-state index contributed by atoms with van der Waals surface area (Å²) in [6.07, 6.45) is 0. The summed E-state index contributed by atoms with van der Waals surface area (Å²) in [4.78, 5) is 0. The van der Waals surface area contributed by atoms with Crippen molar-refractivity contribution in [3.05, 3.63) is 188 Å². The second-order valence-corrected chi connectivity index (χ2v) is 16.1. The lowest BCUT2D eigenvalue weighted by atomic mass is 9.96. The maximum absolute atomic E-state index is 6.16. The van der Waals surface area contributed by atoms with Crippen molar-refractivity contribution < 1.29 is 8.83 Å². The fourth-order valence-corrected chi connectivity index (χ4v) is 10.00. The van der Waals surface area contributed by atoms with Crippen molar-refractivity contribution in [3.63, 3.8) is 0 Å². The van der Waals surface area contributed by atoms with E-state index in [9.17, 15) is 0 Å². The van der Waals surface area contributed by atoms with E-state index < -0.39 is 0 Å². The number of benzene rings is 10. The molecule has 0 fully saturated rings. The first-order chi connectivity index (χ1) is 29.2. The molecule has 4 aromatic heterocycles. The van der Waals surface area contributed by atoms with Crippen LogP contribution in [0, 0.1) is 0 Å². The zero-order chi connectivity index (χ0) is 38.3. The van der Waals surface area contributed by atoms with Crippen LogP contribution in [0.3, 0.4) is 0 Å². The van der Waals surface area contributed by atoms with E-state index in [2.05, 4.69) is 168 Å². The summed E-state index contributed by atoms with van der Waals surface area (Å²) in [6.45, 7) is 0. The molecule has 0 unspecified atom stereocenters. The van der Waals surface area contributed by atoms with Crippen molar-refractivity contribution in [1.29, 1.82) is 0 Å². The molecule has 4 heterocycles. The number of fused-ring (bicyclic) bond motifs is 14. The van der Waals surface area contributed by atoms with Crippen LogP contribution in [0.1, 0.15) is 0 Å². The monoisotopic (exact) mass is 749 g/mol. The fraction of sp³-hybridized carbons (Fsp3) is 0. The minimum Gasteiger partial charge on any atom is -0.456 e. The Morgan fingerprint density at radius 1 is 0.254 bits per heavy atom. The molecule has 0 aliphatic carbocycles. The number of hydrogen-bond acceptors (Lipinski definition) is 2. The zero-order valence-electron chi connectivity index (χ0n) is 31.7. The van der Waals surface area contributed by atoms with Gasteiger partial charge in [0, 0.05) is 43.1 Å². The smallest absolute Gasteiger partial charge is 0.135 e. The Kier molecular flexibility index (Phi) is 6.02. The van der Waals surface area contributed by atoms with Gasteiger partial charge in [0.2, 0.25) is 0 Å². The molecule has 59 heavy (non-hydrogen) atoms. The Balaban J connectivity index is 1.00. The van der Waals surface area contributed by atoms with Crippen LogP contribution in [0.5, 0.6) is 0 Å². The molecule has 272 valence electrons. The number of hydrogen-bond donors (Lipinski definition) is 0. The normalized spacial score (nSPS) is 12.4. The summed E-state index contributed by atoms with van der Waals surface area (Å²) in [5, 5.41) is 14.6. The van der Waals surface area contributed by atoms with E-state index >= 15 is 0 Å². The van der Waals surface area contributed by atoms with Gasteiger partial charge in [-0.3, -0.25) is 0 Å². The molecule has 0 aliphatic heterocycles.